The fourth-order valence-electron chi connectivity index (χ4n) is 4.24. The van der Waals surface area contributed by atoms with Gasteiger partial charge in [0.1, 0.15) is 12.4 Å². The van der Waals surface area contributed by atoms with Crippen LogP contribution in [0.4, 0.5) is 9.18 Å². The van der Waals surface area contributed by atoms with Gasteiger partial charge in [0, 0.05) is 44.7 Å². The van der Waals surface area contributed by atoms with Crippen LogP contribution in [-0.2, 0) is 9.53 Å². The maximum absolute atomic E-state index is 14.7. The fourth-order valence-corrected chi connectivity index (χ4v) is 4.96. The van der Waals surface area contributed by atoms with Gasteiger partial charge in [0.05, 0.1) is 29.8 Å². The van der Waals surface area contributed by atoms with Crippen LogP contribution in [-0.4, -0.2) is 84.9 Å². The summed E-state index contributed by atoms with van der Waals surface area (Å²) in [5, 5.41) is 10.8. The van der Waals surface area contributed by atoms with E-state index in [2.05, 4.69) is 15.3 Å². The third kappa shape index (κ3) is 6.45. The molecule has 0 bridgehead atoms. The highest BCUT2D eigenvalue weighted by Crippen LogP contribution is 2.35. The molecule has 2 aromatic rings. The minimum Gasteiger partial charge on any atom is -0.379 e. The monoisotopic (exact) mass is 501 g/mol. The summed E-state index contributed by atoms with van der Waals surface area (Å²) in [5.41, 5.74) is 1.17. The zero-order valence-electron chi connectivity index (χ0n) is 20.0. The molecule has 1 fully saturated rings. The summed E-state index contributed by atoms with van der Waals surface area (Å²) in [6, 6.07) is 9.52. The second-order valence-electron chi connectivity index (χ2n) is 8.61. The van der Waals surface area contributed by atoms with Crippen molar-refractivity contribution in [2.45, 2.75) is 25.8 Å². The Bertz CT molecular complexity index is 1030. The number of amides is 3. The Morgan fingerprint density at radius 3 is 2.74 bits per heavy atom. The first kappa shape index (κ1) is 25.3. The van der Waals surface area contributed by atoms with E-state index in [1.54, 1.807) is 18.2 Å². The molecule has 1 aromatic carbocycles. The molecule has 35 heavy (non-hydrogen) atoms. The Hall–Kier alpha value is -2.82. The Morgan fingerprint density at radius 2 is 2.03 bits per heavy atom. The van der Waals surface area contributed by atoms with Crippen LogP contribution < -0.4 is 5.32 Å². The van der Waals surface area contributed by atoms with Gasteiger partial charge >= 0.3 is 6.03 Å². The van der Waals surface area contributed by atoms with E-state index in [9.17, 15) is 14.0 Å². The molecule has 0 radical (unpaired) electrons. The number of rotatable bonds is 9. The molecular formula is C25H32FN5O3S. The molecule has 10 heteroatoms. The van der Waals surface area contributed by atoms with Crippen LogP contribution in [0.2, 0.25) is 0 Å². The summed E-state index contributed by atoms with van der Waals surface area (Å²) in [7, 11) is 0. The van der Waals surface area contributed by atoms with E-state index in [-0.39, 0.29) is 24.3 Å². The topological polar surface area (TPSA) is 77.5 Å². The van der Waals surface area contributed by atoms with E-state index < -0.39 is 6.04 Å². The van der Waals surface area contributed by atoms with Crippen LogP contribution >= 0.6 is 11.3 Å². The first-order chi connectivity index (χ1) is 17.1. The van der Waals surface area contributed by atoms with Crippen molar-refractivity contribution in [2.24, 2.45) is 5.10 Å². The average Bonchev–Trinajstić information content (AvgIpc) is 3.56. The maximum atomic E-state index is 14.7. The van der Waals surface area contributed by atoms with Crippen molar-refractivity contribution in [1.82, 2.24) is 20.1 Å². The highest BCUT2D eigenvalue weighted by Gasteiger charge is 2.36. The van der Waals surface area contributed by atoms with Gasteiger partial charge in [-0.1, -0.05) is 31.2 Å². The van der Waals surface area contributed by atoms with Crippen molar-refractivity contribution in [3.8, 4) is 0 Å². The molecule has 0 aliphatic carbocycles. The number of hydrogen-bond acceptors (Lipinski definition) is 6. The SMILES string of the molecule is CCCNC(=O)N(CCN1CCOCC1)CC(=O)N1N=C(c2cccs2)C[C@@H]1c1ccccc1F. The van der Waals surface area contributed by atoms with Gasteiger partial charge in [-0.15, -0.1) is 11.3 Å². The molecule has 8 nitrogen and oxygen atoms in total. The number of halogens is 1. The summed E-state index contributed by atoms with van der Waals surface area (Å²) in [4.78, 5) is 31.1. The molecule has 0 unspecified atom stereocenters. The summed E-state index contributed by atoms with van der Waals surface area (Å²) in [6.45, 7) is 6.36. The smallest absolute Gasteiger partial charge is 0.317 e. The Kier molecular flexibility index (Phi) is 8.84. The number of nitrogens with one attached hydrogen (secondary N) is 1. The highest BCUT2D eigenvalue weighted by molar-refractivity contribution is 7.12. The van der Waals surface area contributed by atoms with Crippen molar-refractivity contribution in [3.63, 3.8) is 0 Å². The molecule has 0 spiro atoms. The lowest BCUT2D eigenvalue weighted by Crippen LogP contribution is -2.49. The first-order valence-electron chi connectivity index (χ1n) is 12.1. The summed E-state index contributed by atoms with van der Waals surface area (Å²) >= 11 is 1.53. The van der Waals surface area contributed by atoms with Crippen molar-refractivity contribution in [1.29, 1.82) is 0 Å². The van der Waals surface area contributed by atoms with Crippen LogP contribution in [0, 0.1) is 5.82 Å². The summed E-state index contributed by atoms with van der Waals surface area (Å²) in [5.74, 6) is -0.707. The molecule has 1 atom stereocenters. The molecule has 4 rings (SSSR count). The van der Waals surface area contributed by atoms with Gasteiger partial charge in [0.25, 0.3) is 5.91 Å². The minimum atomic E-state index is -0.555. The van der Waals surface area contributed by atoms with Gasteiger partial charge in [-0.3, -0.25) is 9.69 Å². The van der Waals surface area contributed by atoms with Gasteiger partial charge in [-0.25, -0.2) is 14.2 Å². The van der Waals surface area contributed by atoms with Crippen LogP contribution in [0.3, 0.4) is 0 Å². The predicted octanol–water partition coefficient (Wildman–Crippen LogP) is 3.32. The standard InChI is InChI=1S/C25H32FN5O3S/c1-2-9-27-25(33)30(11-10-29-12-14-34-15-13-29)18-24(32)31-22(19-6-3-4-7-20(19)26)17-21(28-31)23-8-5-16-35-23/h3-8,16,22H,2,9-15,17-18H2,1H3,(H,27,33)/t22-/m1/s1. The highest BCUT2D eigenvalue weighted by atomic mass is 32.1. The quantitative estimate of drug-likeness (QED) is 0.572. The lowest BCUT2D eigenvalue weighted by Gasteiger charge is -2.31. The zero-order chi connectivity index (χ0) is 24.6. The molecule has 188 valence electrons. The second kappa shape index (κ2) is 12.2. The number of hydrazone groups is 1. The van der Waals surface area contributed by atoms with Crippen molar-refractivity contribution >= 4 is 29.0 Å². The number of morpholine rings is 1. The number of thiophene rings is 1. The fraction of sp³-hybridized carbons (Fsp3) is 0.480. The predicted molar refractivity (Wildman–Crippen MR) is 134 cm³/mol. The van der Waals surface area contributed by atoms with E-state index in [1.165, 1.54) is 27.3 Å². The summed E-state index contributed by atoms with van der Waals surface area (Å²) in [6.07, 6.45) is 1.22. The van der Waals surface area contributed by atoms with E-state index in [4.69, 9.17) is 4.74 Å². The molecule has 1 N–H and O–H groups in total. The lowest BCUT2D eigenvalue weighted by molar-refractivity contribution is -0.133. The molecule has 3 heterocycles. The Labute approximate surface area is 209 Å². The molecular weight excluding hydrogens is 469 g/mol. The maximum Gasteiger partial charge on any atom is 0.317 e. The van der Waals surface area contributed by atoms with Crippen LogP contribution in [0.5, 0.6) is 0 Å². The molecule has 2 aliphatic rings. The molecule has 2 aliphatic heterocycles. The summed E-state index contributed by atoms with van der Waals surface area (Å²) < 4.78 is 20.1. The third-order valence-corrected chi connectivity index (χ3v) is 7.08. The van der Waals surface area contributed by atoms with Crippen molar-refractivity contribution in [3.05, 3.63) is 58.0 Å². The van der Waals surface area contributed by atoms with Crippen molar-refractivity contribution < 1.29 is 18.7 Å². The average molecular weight is 502 g/mol. The molecule has 1 saturated heterocycles. The Morgan fingerprint density at radius 1 is 1.23 bits per heavy atom. The van der Waals surface area contributed by atoms with Crippen LogP contribution in [0.15, 0.2) is 46.9 Å². The molecule has 1 aromatic heterocycles. The number of carbonyl (C=O) groups excluding carboxylic acids is 2. The number of nitrogens with zero attached hydrogens (tertiary/aromatic N) is 4. The first-order valence-corrected chi connectivity index (χ1v) is 13.0. The van der Waals surface area contributed by atoms with E-state index in [0.29, 0.717) is 44.8 Å². The van der Waals surface area contributed by atoms with Crippen molar-refractivity contribution in [2.75, 3.05) is 52.5 Å². The van der Waals surface area contributed by atoms with Gasteiger partial charge in [0.15, 0.2) is 0 Å². The number of carbonyl (C=O) groups is 2. The van der Waals surface area contributed by atoms with Gasteiger partial charge in [-0.05, 0) is 23.9 Å². The van der Waals surface area contributed by atoms with E-state index in [1.807, 2.05) is 24.4 Å². The van der Waals surface area contributed by atoms with Gasteiger partial charge in [-0.2, -0.15) is 5.10 Å². The minimum absolute atomic E-state index is 0.133. The normalized spacial score (nSPS) is 18.4. The van der Waals surface area contributed by atoms with Crippen LogP contribution in [0.25, 0.3) is 0 Å². The number of hydrogen-bond donors (Lipinski definition) is 1. The molecule has 3 amide bonds. The number of urea groups is 1. The number of benzene rings is 1. The van der Waals surface area contributed by atoms with Gasteiger partial charge in [0.2, 0.25) is 0 Å². The Balaban J connectivity index is 1.52. The van der Waals surface area contributed by atoms with Gasteiger partial charge < -0.3 is 15.0 Å². The van der Waals surface area contributed by atoms with E-state index >= 15 is 0 Å². The van der Waals surface area contributed by atoms with Crippen LogP contribution in [0.1, 0.15) is 36.2 Å². The largest absolute Gasteiger partial charge is 0.379 e. The molecule has 0 saturated carbocycles. The lowest BCUT2D eigenvalue weighted by atomic mass is 10.0. The number of ether oxygens (including phenoxy) is 1. The van der Waals surface area contributed by atoms with E-state index in [0.717, 1.165) is 30.1 Å². The second-order valence-corrected chi connectivity index (χ2v) is 9.56. The zero-order valence-corrected chi connectivity index (χ0v) is 20.8. The third-order valence-electron chi connectivity index (χ3n) is 6.17.